The number of hydrogen-bond acceptors (Lipinski definition) is 4. The van der Waals surface area contributed by atoms with E-state index in [9.17, 15) is 15.0 Å². The minimum Gasteiger partial charge on any atom is -0.392 e. The summed E-state index contributed by atoms with van der Waals surface area (Å²) in [7, 11) is 3.46. The van der Waals surface area contributed by atoms with Crippen molar-refractivity contribution in [2.45, 2.75) is 70.5 Å². The maximum Gasteiger partial charge on any atom is 0.248 e. The van der Waals surface area contributed by atoms with E-state index in [-0.39, 0.29) is 24.5 Å². The van der Waals surface area contributed by atoms with E-state index in [2.05, 4.69) is 25.2 Å². The number of aliphatic hydroxyl groups excluding tert-OH is 1. The summed E-state index contributed by atoms with van der Waals surface area (Å²) >= 11 is 0. The Bertz CT molecular complexity index is 567. The van der Waals surface area contributed by atoms with Crippen molar-refractivity contribution in [2.75, 3.05) is 27.3 Å². The SMILES string of the molecule is CCCC[C@](C)(O)C/C=C/[C@@H]1[C@H]2CC(CCOCC(=O)N(C)C)=C[C@H]2C[C@H]1O. The smallest absolute Gasteiger partial charge is 0.248 e. The van der Waals surface area contributed by atoms with Gasteiger partial charge >= 0.3 is 0 Å². The van der Waals surface area contributed by atoms with Crippen LogP contribution in [0, 0.1) is 17.8 Å². The third-order valence-corrected chi connectivity index (χ3v) is 6.23. The van der Waals surface area contributed by atoms with Crippen LogP contribution in [0.2, 0.25) is 0 Å². The van der Waals surface area contributed by atoms with Crippen LogP contribution in [-0.4, -0.2) is 60.0 Å². The van der Waals surface area contributed by atoms with Gasteiger partial charge in [-0.1, -0.05) is 43.6 Å². The van der Waals surface area contributed by atoms with Crippen LogP contribution in [0.25, 0.3) is 0 Å². The molecule has 0 heterocycles. The Morgan fingerprint density at radius 3 is 2.86 bits per heavy atom. The Balaban J connectivity index is 1.78. The highest BCUT2D eigenvalue weighted by molar-refractivity contribution is 5.76. The lowest BCUT2D eigenvalue weighted by Gasteiger charge is -2.22. The predicted octanol–water partition coefficient (Wildman–Crippen LogP) is 3.31. The summed E-state index contributed by atoms with van der Waals surface area (Å²) in [6.45, 7) is 4.73. The van der Waals surface area contributed by atoms with Crippen LogP contribution in [0.15, 0.2) is 23.8 Å². The molecule has 0 saturated heterocycles. The van der Waals surface area contributed by atoms with E-state index in [1.807, 2.05) is 6.92 Å². The molecular weight excluding hydrogens is 354 g/mol. The van der Waals surface area contributed by atoms with Gasteiger partial charge in [0.1, 0.15) is 6.61 Å². The second kappa shape index (κ2) is 10.6. The van der Waals surface area contributed by atoms with Gasteiger partial charge in [0, 0.05) is 20.0 Å². The van der Waals surface area contributed by atoms with Gasteiger partial charge in [0.2, 0.25) is 5.91 Å². The van der Waals surface area contributed by atoms with Gasteiger partial charge in [0.25, 0.3) is 0 Å². The number of carbonyl (C=O) groups excluding carboxylic acids is 1. The number of nitrogens with zero attached hydrogens (tertiary/aromatic N) is 1. The monoisotopic (exact) mass is 393 g/mol. The molecule has 160 valence electrons. The molecule has 5 atom stereocenters. The fourth-order valence-electron chi connectivity index (χ4n) is 4.42. The molecule has 1 saturated carbocycles. The van der Waals surface area contributed by atoms with Gasteiger partial charge in [-0.25, -0.2) is 0 Å². The van der Waals surface area contributed by atoms with Crippen molar-refractivity contribution >= 4 is 5.91 Å². The summed E-state index contributed by atoms with van der Waals surface area (Å²) in [4.78, 5) is 13.1. The van der Waals surface area contributed by atoms with Crippen LogP contribution in [0.1, 0.15) is 58.8 Å². The molecule has 0 bridgehead atoms. The molecule has 28 heavy (non-hydrogen) atoms. The van der Waals surface area contributed by atoms with Crippen molar-refractivity contribution in [2.24, 2.45) is 17.8 Å². The summed E-state index contributed by atoms with van der Waals surface area (Å²) in [5, 5.41) is 20.9. The number of carbonyl (C=O) groups is 1. The maximum absolute atomic E-state index is 11.5. The van der Waals surface area contributed by atoms with Crippen molar-refractivity contribution in [3.63, 3.8) is 0 Å². The zero-order valence-corrected chi connectivity index (χ0v) is 18.1. The Morgan fingerprint density at radius 2 is 2.18 bits per heavy atom. The van der Waals surface area contributed by atoms with E-state index in [4.69, 9.17) is 4.74 Å². The van der Waals surface area contributed by atoms with Crippen molar-refractivity contribution in [3.8, 4) is 0 Å². The molecule has 0 spiro atoms. The number of unbranched alkanes of at least 4 members (excludes halogenated alkanes) is 1. The fraction of sp³-hybridized carbons (Fsp3) is 0.783. The molecule has 1 fully saturated rings. The van der Waals surface area contributed by atoms with E-state index in [1.54, 1.807) is 14.1 Å². The minimum atomic E-state index is -0.657. The van der Waals surface area contributed by atoms with Gasteiger partial charge in [-0.3, -0.25) is 4.79 Å². The Hall–Kier alpha value is -1.17. The lowest BCUT2D eigenvalue weighted by Crippen LogP contribution is -2.26. The molecule has 2 N–H and O–H groups in total. The highest BCUT2D eigenvalue weighted by Gasteiger charge is 2.43. The summed E-state index contributed by atoms with van der Waals surface area (Å²) in [6, 6.07) is 0. The minimum absolute atomic E-state index is 0.0135. The molecule has 2 aliphatic carbocycles. The molecule has 0 radical (unpaired) electrons. The zero-order valence-electron chi connectivity index (χ0n) is 18.1. The molecule has 2 rings (SSSR count). The van der Waals surface area contributed by atoms with Gasteiger partial charge < -0.3 is 19.8 Å². The van der Waals surface area contributed by atoms with Crippen LogP contribution in [0.4, 0.5) is 0 Å². The number of hydrogen-bond donors (Lipinski definition) is 2. The number of likely N-dealkylation sites (N-methyl/N-ethyl adjacent to an activating group) is 1. The summed E-state index contributed by atoms with van der Waals surface area (Å²) in [6.07, 6.45) is 12.5. The maximum atomic E-state index is 11.5. The number of aliphatic hydroxyl groups is 2. The molecule has 2 aliphatic rings. The topological polar surface area (TPSA) is 70.0 Å². The predicted molar refractivity (Wildman–Crippen MR) is 112 cm³/mol. The number of ether oxygens (including phenoxy) is 1. The van der Waals surface area contributed by atoms with Gasteiger partial charge in [-0.2, -0.15) is 0 Å². The Morgan fingerprint density at radius 1 is 1.43 bits per heavy atom. The zero-order chi connectivity index (χ0) is 20.7. The standard InChI is InChI=1S/C23H39NO4/c1-5-6-10-23(2,27)11-7-8-19-20-14-17(13-18(20)15-21(19)25)9-12-28-16-22(26)24(3)4/h7-8,13,18-21,25,27H,5-6,9-12,14-16H2,1-4H3/b8-7+/t18-,19+,20-,21+,23-/m0/s1. The van der Waals surface area contributed by atoms with Gasteiger partial charge in [-0.05, 0) is 50.9 Å². The number of allylic oxidation sites excluding steroid dienone is 1. The van der Waals surface area contributed by atoms with Crippen LogP contribution in [0.3, 0.4) is 0 Å². The third-order valence-electron chi connectivity index (χ3n) is 6.23. The average Bonchev–Trinajstić information content (AvgIpc) is 3.14. The van der Waals surface area contributed by atoms with E-state index in [1.165, 1.54) is 10.5 Å². The summed E-state index contributed by atoms with van der Waals surface area (Å²) < 4.78 is 5.50. The molecule has 0 aliphatic heterocycles. The van der Waals surface area contributed by atoms with E-state index >= 15 is 0 Å². The molecule has 5 heteroatoms. The molecule has 0 unspecified atom stereocenters. The quantitative estimate of drug-likeness (QED) is 0.417. The van der Waals surface area contributed by atoms with E-state index in [0.717, 1.165) is 38.5 Å². The van der Waals surface area contributed by atoms with Crippen molar-refractivity contribution in [3.05, 3.63) is 23.8 Å². The lowest BCUT2D eigenvalue weighted by atomic mass is 9.88. The van der Waals surface area contributed by atoms with Crippen LogP contribution in [0.5, 0.6) is 0 Å². The van der Waals surface area contributed by atoms with Gasteiger partial charge in [0.15, 0.2) is 0 Å². The van der Waals surface area contributed by atoms with Crippen LogP contribution < -0.4 is 0 Å². The summed E-state index contributed by atoms with van der Waals surface area (Å²) in [5.74, 6) is 1.03. The van der Waals surface area contributed by atoms with Crippen LogP contribution >= 0.6 is 0 Å². The van der Waals surface area contributed by atoms with Gasteiger partial charge in [0.05, 0.1) is 18.3 Å². The first-order valence-electron chi connectivity index (χ1n) is 10.8. The molecule has 5 nitrogen and oxygen atoms in total. The van der Waals surface area contributed by atoms with Gasteiger partial charge in [-0.15, -0.1) is 0 Å². The first-order chi connectivity index (χ1) is 13.2. The van der Waals surface area contributed by atoms with Crippen molar-refractivity contribution in [1.29, 1.82) is 0 Å². The molecular formula is C23H39NO4. The third kappa shape index (κ3) is 6.71. The molecule has 0 aromatic heterocycles. The van der Waals surface area contributed by atoms with Crippen LogP contribution in [-0.2, 0) is 9.53 Å². The second-order valence-corrected chi connectivity index (χ2v) is 9.06. The number of rotatable bonds is 11. The fourth-order valence-corrected chi connectivity index (χ4v) is 4.42. The lowest BCUT2D eigenvalue weighted by molar-refractivity contribution is -0.133. The summed E-state index contributed by atoms with van der Waals surface area (Å²) in [5.41, 5.74) is 0.725. The largest absolute Gasteiger partial charge is 0.392 e. The number of fused-ring (bicyclic) bond motifs is 1. The molecule has 0 aromatic carbocycles. The van der Waals surface area contributed by atoms with E-state index in [0.29, 0.717) is 24.9 Å². The second-order valence-electron chi connectivity index (χ2n) is 9.06. The normalized spacial score (nSPS) is 29.0. The Labute approximate surface area is 170 Å². The highest BCUT2D eigenvalue weighted by atomic mass is 16.5. The molecule has 0 aromatic rings. The average molecular weight is 394 g/mol. The molecule has 1 amide bonds. The first-order valence-corrected chi connectivity index (χ1v) is 10.8. The Kier molecular flexibility index (Phi) is 8.72. The van der Waals surface area contributed by atoms with E-state index < -0.39 is 5.60 Å². The van der Waals surface area contributed by atoms with Crippen molar-refractivity contribution < 1.29 is 19.7 Å². The van der Waals surface area contributed by atoms with Crippen molar-refractivity contribution in [1.82, 2.24) is 4.90 Å². The number of amides is 1. The highest BCUT2D eigenvalue weighted by Crippen LogP contribution is 2.48. The first kappa shape index (κ1) is 23.1.